The quantitative estimate of drug-likeness (QED) is 0.648. The van der Waals surface area contributed by atoms with Crippen molar-refractivity contribution in [1.29, 1.82) is 0 Å². The fraction of sp³-hybridized carbons (Fsp3) is 0.458. The second-order valence-corrected chi connectivity index (χ2v) is 9.54. The van der Waals surface area contributed by atoms with Gasteiger partial charge in [-0.1, -0.05) is 24.3 Å². The number of rotatable bonds is 5. The molecule has 31 heavy (non-hydrogen) atoms. The Labute approximate surface area is 187 Å². The third kappa shape index (κ3) is 4.95. The summed E-state index contributed by atoms with van der Waals surface area (Å²) in [5.74, 6) is 0.678. The first kappa shape index (κ1) is 21.9. The lowest BCUT2D eigenvalue weighted by Gasteiger charge is -2.35. The molecule has 1 N–H and O–H groups in total. The van der Waals surface area contributed by atoms with E-state index in [9.17, 15) is 4.79 Å². The molecule has 1 aromatic carbocycles. The molecule has 4 rings (SSSR count). The van der Waals surface area contributed by atoms with E-state index in [1.807, 2.05) is 20.8 Å². The van der Waals surface area contributed by atoms with Crippen LogP contribution in [-0.2, 0) is 17.8 Å². The Balaban J connectivity index is 1.38. The topological polar surface area (TPSA) is 67.4 Å². The Morgan fingerprint density at radius 3 is 2.42 bits per heavy atom. The fourth-order valence-electron chi connectivity index (χ4n) is 4.39. The number of nitrogens with one attached hydrogen (secondary N) is 1. The Bertz CT molecular complexity index is 1080. The Hall–Kier alpha value is -2.35. The number of aromatic nitrogens is 2. The van der Waals surface area contributed by atoms with Gasteiger partial charge in [-0.3, -0.25) is 9.69 Å². The molecule has 2 unspecified atom stereocenters. The normalized spacial score (nSPS) is 19.6. The molecule has 0 spiro atoms. The minimum absolute atomic E-state index is 0.0575. The lowest BCUT2D eigenvalue weighted by molar-refractivity contribution is -0.0704. The summed E-state index contributed by atoms with van der Waals surface area (Å²) in [6.07, 6.45) is 0.545. The van der Waals surface area contributed by atoms with Crippen LogP contribution in [0, 0.1) is 20.8 Å². The van der Waals surface area contributed by atoms with Gasteiger partial charge in [0.2, 0.25) is 0 Å². The van der Waals surface area contributed by atoms with Crippen LogP contribution in [0.25, 0.3) is 10.2 Å². The molecule has 3 heterocycles. The standard InChI is InChI=1S/C24H30N4O2S/c1-14-11-28(12-15(2)30-14)13-20-8-6-19(7-9-20)10-25-23(29)22-16(3)21-17(4)26-18(5)27-24(21)31-22/h6-9,14-15H,10-13H2,1-5H3,(H,25,29). The zero-order chi connectivity index (χ0) is 22.1. The molecule has 1 aliphatic rings. The van der Waals surface area contributed by atoms with Gasteiger partial charge < -0.3 is 10.1 Å². The van der Waals surface area contributed by atoms with Gasteiger partial charge in [0.15, 0.2) is 0 Å². The predicted octanol–water partition coefficient (Wildman–Crippen LogP) is 4.16. The van der Waals surface area contributed by atoms with Gasteiger partial charge in [-0.05, 0) is 51.3 Å². The molecule has 1 amide bonds. The number of ether oxygens (including phenoxy) is 1. The first-order chi connectivity index (χ1) is 14.8. The molecule has 2 aromatic heterocycles. The molecule has 1 fully saturated rings. The summed E-state index contributed by atoms with van der Waals surface area (Å²) < 4.78 is 5.82. The molecule has 164 valence electrons. The van der Waals surface area contributed by atoms with E-state index in [1.165, 1.54) is 16.9 Å². The van der Waals surface area contributed by atoms with Crippen LogP contribution >= 0.6 is 11.3 Å². The van der Waals surface area contributed by atoms with Crippen molar-refractivity contribution in [2.24, 2.45) is 0 Å². The van der Waals surface area contributed by atoms with Gasteiger partial charge in [0, 0.05) is 37.3 Å². The maximum absolute atomic E-state index is 12.8. The molecule has 0 bridgehead atoms. The van der Waals surface area contributed by atoms with Crippen molar-refractivity contribution < 1.29 is 9.53 Å². The van der Waals surface area contributed by atoms with Crippen LogP contribution in [0.5, 0.6) is 0 Å². The number of fused-ring (bicyclic) bond motifs is 1. The van der Waals surface area contributed by atoms with E-state index >= 15 is 0 Å². The Morgan fingerprint density at radius 2 is 1.74 bits per heavy atom. The third-order valence-corrected chi connectivity index (χ3v) is 6.85. The minimum atomic E-state index is -0.0575. The molecular weight excluding hydrogens is 408 g/mol. The zero-order valence-corrected chi connectivity index (χ0v) is 19.7. The van der Waals surface area contributed by atoms with E-state index in [-0.39, 0.29) is 18.1 Å². The number of carbonyl (C=O) groups excluding carboxylic acids is 1. The zero-order valence-electron chi connectivity index (χ0n) is 18.9. The van der Waals surface area contributed by atoms with Crippen molar-refractivity contribution in [3.05, 3.63) is 57.4 Å². The third-order valence-electron chi connectivity index (χ3n) is 5.67. The summed E-state index contributed by atoms with van der Waals surface area (Å²) in [4.78, 5) is 25.8. The number of hydrogen-bond acceptors (Lipinski definition) is 6. The molecule has 1 saturated heterocycles. The minimum Gasteiger partial charge on any atom is -0.373 e. The molecule has 0 aliphatic carbocycles. The molecule has 3 aromatic rings. The van der Waals surface area contributed by atoms with Crippen molar-refractivity contribution in [3.8, 4) is 0 Å². The largest absolute Gasteiger partial charge is 0.373 e. The van der Waals surface area contributed by atoms with Crippen molar-refractivity contribution in [2.45, 2.75) is 59.9 Å². The van der Waals surface area contributed by atoms with Gasteiger partial charge in [0.25, 0.3) is 5.91 Å². The molecule has 0 radical (unpaired) electrons. The van der Waals surface area contributed by atoms with E-state index < -0.39 is 0 Å². The Morgan fingerprint density at radius 1 is 1.10 bits per heavy atom. The molecule has 7 heteroatoms. The number of thiophene rings is 1. The van der Waals surface area contributed by atoms with Crippen LogP contribution < -0.4 is 5.32 Å². The first-order valence-electron chi connectivity index (χ1n) is 10.8. The molecule has 2 atom stereocenters. The van der Waals surface area contributed by atoms with Gasteiger partial charge in [0.1, 0.15) is 10.7 Å². The highest BCUT2D eigenvalue weighted by Crippen LogP contribution is 2.31. The molecule has 6 nitrogen and oxygen atoms in total. The number of morpholine rings is 1. The van der Waals surface area contributed by atoms with Crippen LogP contribution in [0.3, 0.4) is 0 Å². The molecule has 0 saturated carbocycles. The highest BCUT2D eigenvalue weighted by atomic mass is 32.1. The van der Waals surface area contributed by atoms with Crippen LogP contribution in [0.15, 0.2) is 24.3 Å². The maximum atomic E-state index is 12.8. The van der Waals surface area contributed by atoms with E-state index in [4.69, 9.17) is 4.74 Å². The number of aryl methyl sites for hydroxylation is 3. The average molecular weight is 439 g/mol. The highest BCUT2D eigenvalue weighted by molar-refractivity contribution is 7.20. The van der Waals surface area contributed by atoms with E-state index in [2.05, 4.69) is 58.3 Å². The maximum Gasteiger partial charge on any atom is 0.261 e. The number of nitrogens with zero attached hydrogens (tertiary/aromatic N) is 3. The fourth-order valence-corrected chi connectivity index (χ4v) is 5.58. The second kappa shape index (κ2) is 9.02. The van der Waals surface area contributed by atoms with Crippen LogP contribution in [-0.4, -0.2) is 46.1 Å². The van der Waals surface area contributed by atoms with Crippen LogP contribution in [0.1, 0.15) is 51.7 Å². The number of carbonyl (C=O) groups is 1. The van der Waals surface area contributed by atoms with Crippen molar-refractivity contribution in [3.63, 3.8) is 0 Å². The SMILES string of the molecule is Cc1nc(C)c2c(C)c(C(=O)NCc3ccc(CN4CC(C)OC(C)C4)cc3)sc2n1. The summed E-state index contributed by atoms with van der Waals surface area (Å²) in [5, 5.41) is 4.06. The second-order valence-electron chi connectivity index (χ2n) is 8.54. The van der Waals surface area contributed by atoms with Crippen LogP contribution in [0.4, 0.5) is 0 Å². The Kier molecular flexibility index (Phi) is 6.36. The number of hydrogen-bond donors (Lipinski definition) is 1. The van der Waals surface area contributed by atoms with E-state index in [0.29, 0.717) is 11.4 Å². The van der Waals surface area contributed by atoms with Gasteiger partial charge in [0.05, 0.1) is 17.1 Å². The van der Waals surface area contributed by atoms with E-state index in [0.717, 1.165) is 52.5 Å². The number of benzene rings is 1. The highest BCUT2D eigenvalue weighted by Gasteiger charge is 2.22. The van der Waals surface area contributed by atoms with Gasteiger partial charge >= 0.3 is 0 Å². The van der Waals surface area contributed by atoms with Gasteiger partial charge in [-0.25, -0.2) is 9.97 Å². The van der Waals surface area contributed by atoms with E-state index in [1.54, 1.807) is 0 Å². The first-order valence-corrected chi connectivity index (χ1v) is 11.6. The predicted molar refractivity (Wildman–Crippen MR) is 125 cm³/mol. The van der Waals surface area contributed by atoms with Gasteiger partial charge in [-0.15, -0.1) is 11.3 Å². The average Bonchev–Trinajstić information content (AvgIpc) is 3.03. The van der Waals surface area contributed by atoms with Crippen LogP contribution in [0.2, 0.25) is 0 Å². The van der Waals surface area contributed by atoms with Gasteiger partial charge in [-0.2, -0.15) is 0 Å². The smallest absolute Gasteiger partial charge is 0.261 e. The monoisotopic (exact) mass is 438 g/mol. The lowest BCUT2D eigenvalue weighted by atomic mass is 10.1. The summed E-state index contributed by atoms with van der Waals surface area (Å²) in [6, 6.07) is 8.50. The van der Waals surface area contributed by atoms with Crippen molar-refractivity contribution >= 4 is 27.5 Å². The summed E-state index contributed by atoms with van der Waals surface area (Å²) in [7, 11) is 0. The lowest BCUT2D eigenvalue weighted by Crippen LogP contribution is -2.44. The summed E-state index contributed by atoms with van der Waals surface area (Å²) >= 11 is 1.44. The number of amides is 1. The summed E-state index contributed by atoms with van der Waals surface area (Å²) in [5.41, 5.74) is 4.25. The summed E-state index contributed by atoms with van der Waals surface area (Å²) in [6.45, 7) is 13.4. The molecular formula is C24H30N4O2S. The molecule has 1 aliphatic heterocycles. The van der Waals surface area contributed by atoms with Crippen molar-refractivity contribution in [2.75, 3.05) is 13.1 Å². The van der Waals surface area contributed by atoms with Crippen molar-refractivity contribution in [1.82, 2.24) is 20.2 Å².